The molecule has 1 aromatic rings. The molecule has 1 rings (SSSR count). The number of carbonyl (C=O) groups excluding carboxylic acids is 1. The van der Waals surface area contributed by atoms with Gasteiger partial charge in [0, 0.05) is 0 Å². The van der Waals surface area contributed by atoms with Gasteiger partial charge in [0.1, 0.15) is 17.6 Å². The van der Waals surface area contributed by atoms with Crippen molar-refractivity contribution in [1.29, 1.82) is 0 Å². The molecule has 2 N–H and O–H groups in total. The first-order chi connectivity index (χ1) is 8.40. The van der Waals surface area contributed by atoms with Crippen LogP contribution in [-0.4, -0.2) is 23.2 Å². The zero-order valence-corrected chi connectivity index (χ0v) is 10.0. The summed E-state index contributed by atoms with van der Waals surface area (Å²) in [5, 5.41) is 11.1. The molecule has 0 radical (unpaired) electrons. The van der Waals surface area contributed by atoms with Crippen LogP contribution in [0.25, 0.3) is 0 Å². The van der Waals surface area contributed by atoms with E-state index in [1.165, 1.54) is 12.1 Å². The Labute approximate surface area is 104 Å². The summed E-state index contributed by atoms with van der Waals surface area (Å²) < 4.78 is 17.4. The smallest absolute Gasteiger partial charge is 0.413 e. The van der Waals surface area contributed by atoms with E-state index in [0.29, 0.717) is 0 Å². The Bertz CT molecular complexity index is 430. The Hall–Kier alpha value is -2.11. The van der Waals surface area contributed by atoms with Gasteiger partial charge in [0.2, 0.25) is 0 Å². The normalized spacial score (nSPS) is 12.0. The fraction of sp³-hybridized carbons (Fsp3) is 0.333. The second kappa shape index (κ2) is 6.00. The SMILES string of the molecule is CC(C)C(NC(=O)Oc1ccc(F)cc1)C(=O)O. The van der Waals surface area contributed by atoms with Crippen LogP contribution in [0.5, 0.6) is 5.75 Å². The molecule has 0 spiro atoms. The molecule has 6 heteroatoms. The molecule has 5 nitrogen and oxygen atoms in total. The van der Waals surface area contributed by atoms with Crippen molar-refractivity contribution >= 4 is 12.1 Å². The number of aliphatic carboxylic acids is 1. The van der Waals surface area contributed by atoms with E-state index >= 15 is 0 Å². The summed E-state index contributed by atoms with van der Waals surface area (Å²) in [6.07, 6.45) is -0.886. The molecule has 1 aromatic carbocycles. The Morgan fingerprint density at radius 3 is 2.28 bits per heavy atom. The van der Waals surface area contributed by atoms with Crippen LogP contribution < -0.4 is 10.1 Å². The average Bonchev–Trinajstić information content (AvgIpc) is 2.28. The molecule has 0 aliphatic rings. The quantitative estimate of drug-likeness (QED) is 0.863. The maximum absolute atomic E-state index is 12.6. The van der Waals surface area contributed by atoms with E-state index in [0.717, 1.165) is 12.1 Å². The number of rotatable bonds is 4. The fourth-order valence-electron chi connectivity index (χ4n) is 1.28. The number of hydrogen-bond acceptors (Lipinski definition) is 3. The minimum atomic E-state index is -1.14. The van der Waals surface area contributed by atoms with Crippen LogP contribution >= 0.6 is 0 Å². The highest BCUT2D eigenvalue weighted by molar-refractivity contribution is 5.81. The summed E-state index contributed by atoms with van der Waals surface area (Å²) in [6.45, 7) is 3.33. The van der Waals surface area contributed by atoms with Crippen molar-refractivity contribution in [1.82, 2.24) is 5.32 Å². The Morgan fingerprint density at radius 2 is 1.83 bits per heavy atom. The van der Waals surface area contributed by atoms with Crippen LogP contribution in [0.15, 0.2) is 24.3 Å². The summed E-state index contributed by atoms with van der Waals surface area (Å²) in [5.41, 5.74) is 0. The molecule has 18 heavy (non-hydrogen) atoms. The van der Waals surface area contributed by atoms with Crippen molar-refractivity contribution in [3.05, 3.63) is 30.1 Å². The van der Waals surface area contributed by atoms with Gasteiger partial charge >= 0.3 is 12.1 Å². The molecule has 1 unspecified atom stereocenters. The first-order valence-corrected chi connectivity index (χ1v) is 5.37. The summed E-state index contributed by atoms with van der Waals surface area (Å²) in [7, 11) is 0. The molecular weight excluding hydrogens is 241 g/mol. The molecule has 1 amide bonds. The van der Waals surface area contributed by atoms with E-state index in [2.05, 4.69) is 5.32 Å². The van der Waals surface area contributed by atoms with Crippen molar-refractivity contribution < 1.29 is 23.8 Å². The van der Waals surface area contributed by atoms with Crippen LogP contribution in [0.4, 0.5) is 9.18 Å². The highest BCUT2D eigenvalue weighted by Crippen LogP contribution is 2.11. The molecule has 1 atom stereocenters. The molecule has 0 fully saturated rings. The Balaban J connectivity index is 2.60. The lowest BCUT2D eigenvalue weighted by Crippen LogP contribution is -2.45. The first kappa shape index (κ1) is 14.0. The molecule has 0 aliphatic carbocycles. The van der Waals surface area contributed by atoms with Gasteiger partial charge in [0.05, 0.1) is 0 Å². The molecule has 0 saturated heterocycles. The van der Waals surface area contributed by atoms with Crippen molar-refractivity contribution in [2.75, 3.05) is 0 Å². The molecule has 0 aliphatic heterocycles. The molecule has 98 valence electrons. The third-order valence-corrected chi connectivity index (χ3v) is 2.23. The summed E-state index contributed by atoms with van der Waals surface area (Å²) in [4.78, 5) is 22.3. The lowest BCUT2D eigenvalue weighted by Gasteiger charge is -2.17. The van der Waals surface area contributed by atoms with Crippen molar-refractivity contribution in [2.45, 2.75) is 19.9 Å². The summed E-state index contributed by atoms with van der Waals surface area (Å²) in [5.74, 6) is -1.72. The monoisotopic (exact) mass is 255 g/mol. The second-order valence-electron chi connectivity index (χ2n) is 4.05. The fourth-order valence-corrected chi connectivity index (χ4v) is 1.28. The largest absolute Gasteiger partial charge is 0.480 e. The van der Waals surface area contributed by atoms with Gasteiger partial charge in [-0.1, -0.05) is 13.8 Å². The summed E-state index contributed by atoms with van der Waals surface area (Å²) in [6, 6.07) is 3.80. The minimum absolute atomic E-state index is 0.141. The highest BCUT2D eigenvalue weighted by atomic mass is 19.1. The van der Waals surface area contributed by atoms with Gasteiger partial charge in [0.15, 0.2) is 0 Å². The van der Waals surface area contributed by atoms with Crippen LogP contribution in [0.3, 0.4) is 0 Å². The van der Waals surface area contributed by atoms with Gasteiger partial charge in [-0.25, -0.2) is 14.0 Å². The van der Waals surface area contributed by atoms with Crippen LogP contribution in [0, 0.1) is 11.7 Å². The number of carboxylic acids is 1. The van der Waals surface area contributed by atoms with E-state index in [9.17, 15) is 14.0 Å². The van der Waals surface area contributed by atoms with Crippen molar-refractivity contribution in [3.63, 3.8) is 0 Å². The second-order valence-corrected chi connectivity index (χ2v) is 4.05. The number of benzene rings is 1. The maximum atomic E-state index is 12.6. The standard InChI is InChI=1S/C12H14FNO4/c1-7(2)10(11(15)16)14-12(17)18-9-5-3-8(13)4-6-9/h3-7,10H,1-2H3,(H,14,17)(H,15,16). The Kier molecular flexibility index (Phi) is 4.65. The number of carbonyl (C=O) groups is 2. The van der Waals surface area contributed by atoms with E-state index in [1.807, 2.05) is 0 Å². The van der Waals surface area contributed by atoms with Gasteiger partial charge in [-0.05, 0) is 30.2 Å². The van der Waals surface area contributed by atoms with Crippen molar-refractivity contribution in [2.24, 2.45) is 5.92 Å². The number of hydrogen-bond donors (Lipinski definition) is 2. The maximum Gasteiger partial charge on any atom is 0.413 e. The van der Waals surface area contributed by atoms with Crippen molar-refractivity contribution in [3.8, 4) is 5.75 Å². The van der Waals surface area contributed by atoms with Gasteiger partial charge < -0.3 is 15.2 Å². The number of amides is 1. The van der Waals surface area contributed by atoms with E-state index in [-0.39, 0.29) is 11.7 Å². The first-order valence-electron chi connectivity index (χ1n) is 5.37. The van der Waals surface area contributed by atoms with Gasteiger partial charge in [-0.15, -0.1) is 0 Å². The highest BCUT2D eigenvalue weighted by Gasteiger charge is 2.24. The van der Waals surface area contributed by atoms with E-state index in [4.69, 9.17) is 9.84 Å². The number of halogens is 1. The lowest BCUT2D eigenvalue weighted by molar-refractivity contribution is -0.140. The third-order valence-electron chi connectivity index (χ3n) is 2.23. The van der Waals surface area contributed by atoms with Crippen LogP contribution in [-0.2, 0) is 4.79 Å². The zero-order valence-electron chi connectivity index (χ0n) is 10.0. The van der Waals surface area contributed by atoms with Gasteiger partial charge in [-0.3, -0.25) is 0 Å². The Morgan fingerprint density at radius 1 is 1.28 bits per heavy atom. The third kappa shape index (κ3) is 4.04. The number of carboxylic acid groups (broad SMARTS) is 1. The molecule has 0 bridgehead atoms. The van der Waals surface area contributed by atoms with E-state index < -0.39 is 23.9 Å². The zero-order chi connectivity index (χ0) is 13.7. The summed E-state index contributed by atoms with van der Waals surface area (Å²) >= 11 is 0. The predicted molar refractivity (Wildman–Crippen MR) is 61.8 cm³/mol. The minimum Gasteiger partial charge on any atom is -0.480 e. The van der Waals surface area contributed by atoms with Crippen LogP contribution in [0.1, 0.15) is 13.8 Å². The van der Waals surface area contributed by atoms with Crippen LogP contribution in [0.2, 0.25) is 0 Å². The number of ether oxygens (including phenoxy) is 1. The molecule has 0 heterocycles. The van der Waals surface area contributed by atoms with Gasteiger partial charge in [0.25, 0.3) is 0 Å². The van der Waals surface area contributed by atoms with E-state index in [1.54, 1.807) is 13.8 Å². The molecule has 0 aromatic heterocycles. The number of nitrogens with one attached hydrogen (secondary N) is 1. The predicted octanol–water partition coefficient (Wildman–Crippen LogP) is 2.02. The van der Waals surface area contributed by atoms with Gasteiger partial charge in [-0.2, -0.15) is 0 Å². The molecular formula is C12H14FNO4. The topological polar surface area (TPSA) is 75.6 Å². The lowest BCUT2D eigenvalue weighted by atomic mass is 10.1. The molecule has 0 saturated carbocycles. The average molecular weight is 255 g/mol.